The van der Waals surface area contributed by atoms with Gasteiger partial charge in [-0.1, -0.05) is 0 Å². The van der Waals surface area contributed by atoms with E-state index in [2.05, 4.69) is 0 Å². The van der Waals surface area contributed by atoms with Crippen molar-refractivity contribution in [1.29, 1.82) is 5.26 Å². The monoisotopic (exact) mass is 245 g/mol. The number of ketones is 1. The third-order valence-corrected chi connectivity index (χ3v) is 2.98. The minimum Gasteiger partial charge on any atom is -0.371 e. The zero-order valence-electron chi connectivity index (χ0n) is 9.63. The normalized spacial score (nSPS) is 15.3. The summed E-state index contributed by atoms with van der Waals surface area (Å²) >= 11 is 0. The van der Waals surface area contributed by atoms with E-state index >= 15 is 0 Å². The molecule has 0 amide bonds. The highest BCUT2D eigenvalue weighted by Gasteiger charge is 2.19. The van der Waals surface area contributed by atoms with Crippen LogP contribution in [0.5, 0.6) is 0 Å². The molecule has 1 aromatic rings. The van der Waals surface area contributed by atoms with Gasteiger partial charge in [-0.15, -0.1) is 0 Å². The number of hydrogen-bond acceptors (Lipinski definition) is 5. The maximum atomic E-state index is 11.1. The zero-order chi connectivity index (χ0) is 13.1. The molecule has 0 unspecified atom stereocenters. The highest BCUT2D eigenvalue weighted by atomic mass is 16.6. The van der Waals surface area contributed by atoms with E-state index in [0.717, 1.165) is 5.69 Å². The molecule has 92 valence electrons. The molecule has 6 nitrogen and oxygen atoms in total. The minimum absolute atomic E-state index is 0.0504. The van der Waals surface area contributed by atoms with Crippen molar-refractivity contribution in [3.63, 3.8) is 0 Å². The molecular weight excluding hydrogens is 234 g/mol. The van der Waals surface area contributed by atoms with E-state index in [1.807, 2.05) is 11.0 Å². The quantitative estimate of drug-likeness (QED) is 0.583. The number of nitrogens with zero attached hydrogens (tertiary/aromatic N) is 3. The summed E-state index contributed by atoms with van der Waals surface area (Å²) < 4.78 is 0. The number of nitro groups is 1. The highest BCUT2D eigenvalue weighted by molar-refractivity contribution is 5.81. The summed E-state index contributed by atoms with van der Waals surface area (Å²) in [5, 5.41) is 19.6. The van der Waals surface area contributed by atoms with E-state index < -0.39 is 4.92 Å². The molecule has 2 rings (SSSR count). The first kappa shape index (κ1) is 12.0. The van der Waals surface area contributed by atoms with Crippen molar-refractivity contribution in [3.05, 3.63) is 33.9 Å². The summed E-state index contributed by atoms with van der Waals surface area (Å²) in [4.78, 5) is 23.2. The van der Waals surface area contributed by atoms with Crippen LogP contribution in [0.1, 0.15) is 18.4 Å². The molecule has 1 aliphatic rings. The summed E-state index contributed by atoms with van der Waals surface area (Å²) in [5.41, 5.74) is 0.619. The lowest BCUT2D eigenvalue weighted by Gasteiger charge is -2.28. The van der Waals surface area contributed by atoms with Gasteiger partial charge in [-0.3, -0.25) is 14.9 Å². The van der Waals surface area contributed by atoms with Crippen LogP contribution < -0.4 is 4.90 Å². The Morgan fingerprint density at radius 2 is 2.00 bits per heavy atom. The van der Waals surface area contributed by atoms with Crippen molar-refractivity contribution >= 4 is 17.2 Å². The van der Waals surface area contributed by atoms with Crippen LogP contribution in [0.2, 0.25) is 0 Å². The molecular formula is C12H11N3O3. The van der Waals surface area contributed by atoms with Crippen LogP contribution in [0, 0.1) is 21.4 Å². The number of anilines is 1. The molecule has 0 N–H and O–H groups in total. The van der Waals surface area contributed by atoms with Crippen molar-refractivity contribution in [1.82, 2.24) is 0 Å². The molecule has 0 aromatic heterocycles. The smallest absolute Gasteiger partial charge is 0.287 e. The Hall–Kier alpha value is -2.42. The Kier molecular flexibility index (Phi) is 3.24. The first-order valence-electron chi connectivity index (χ1n) is 5.57. The minimum atomic E-state index is -0.567. The second kappa shape index (κ2) is 4.84. The van der Waals surface area contributed by atoms with Gasteiger partial charge in [0.15, 0.2) is 0 Å². The average molecular weight is 245 g/mol. The fraction of sp³-hybridized carbons (Fsp3) is 0.333. The van der Waals surface area contributed by atoms with Gasteiger partial charge in [0.25, 0.3) is 5.69 Å². The molecule has 0 aliphatic carbocycles. The van der Waals surface area contributed by atoms with Gasteiger partial charge in [0.1, 0.15) is 17.4 Å². The van der Waals surface area contributed by atoms with Crippen molar-refractivity contribution in [2.75, 3.05) is 18.0 Å². The number of carbonyl (C=O) groups excluding carboxylic acids is 1. The summed E-state index contributed by atoms with van der Waals surface area (Å²) in [6, 6.07) is 6.30. The summed E-state index contributed by atoms with van der Waals surface area (Å²) in [7, 11) is 0. The third-order valence-electron chi connectivity index (χ3n) is 2.98. The predicted octanol–water partition coefficient (Wildman–Crippen LogP) is 1.64. The SMILES string of the molecule is N#Cc1cc(N2CCC(=O)CC2)ccc1[N+](=O)[O-]. The van der Waals surface area contributed by atoms with Gasteiger partial charge in [0, 0.05) is 37.7 Å². The summed E-state index contributed by atoms with van der Waals surface area (Å²) in [6.45, 7) is 1.20. The molecule has 0 atom stereocenters. The van der Waals surface area contributed by atoms with Crippen molar-refractivity contribution < 1.29 is 9.72 Å². The van der Waals surface area contributed by atoms with E-state index in [4.69, 9.17) is 5.26 Å². The maximum Gasteiger partial charge on any atom is 0.287 e. The number of nitro benzene ring substituents is 1. The number of rotatable bonds is 2. The topological polar surface area (TPSA) is 87.2 Å². The first-order valence-corrected chi connectivity index (χ1v) is 5.57. The van der Waals surface area contributed by atoms with Crippen LogP contribution in [0.15, 0.2) is 18.2 Å². The van der Waals surface area contributed by atoms with Crippen LogP contribution in [0.25, 0.3) is 0 Å². The molecule has 1 fully saturated rings. The number of hydrogen-bond donors (Lipinski definition) is 0. The number of nitriles is 1. The van der Waals surface area contributed by atoms with E-state index in [-0.39, 0.29) is 17.0 Å². The Bertz CT molecular complexity index is 538. The number of benzene rings is 1. The van der Waals surface area contributed by atoms with Gasteiger partial charge in [-0.25, -0.2) is 0 Å². The summed E-state index contributed by atoms with van der Waals surface area (Å²) in [5.74, 6) is 0.230. The van der Waals surface area contributed by atoms with E-state index in [1.165, 1.54) is 12.1 Å². The van der Waals surface area contributed by atoms with E-state index in [0.29, 0.717) is 25.9 Å². The fourth-order valence-corrected chi connectivity index (χ4v) is 1.98. The maximum absolute atomic E-state index is 11.1. The molecule has 1 aromatic carbocycles. The number of carbonyl (C=O) groups is 1. The van der Waals surface area contributed by atoms with Gasteiger partial charge < -0.3 is 4.90 Å². The van der Waals surface area contributed by atoms with E-state index in [9.17, 15) is 14.9 Å². The lowest BCUT2D eigenvalue weighted by Crippen LogP contribution is -2.33. The molecule has 18 heavy (non-hydrogen) atoms. The van der Waals surface area contributed by atoms with Crippen molar-refractivity contribution in [2.45, 2.75) is 12.8 Å². The van der Waals surface area contributed by atoms with Gasteiger partial charge in [-0.05, 0) is 12.1 Å². The van der Waals surface area contributed by atoms with Crippen LogP contribution in [-0.2, 0) is 4.79 Å². The molecule has 1 saturated heterocycles. The van der Waals surface area contributed by atoms with Crippen LogP contribution in [-0.4, -0.2) is 23.8 Å². The number of piperidine rings is 1. The van der Waals surface area contributed by atoms with Gasteiger partial charge in [0.2, 0.25) is 0 Å². The van der Waals surface area contributed by atoms with Crippen LogP contribution in [0.4, 0.5) is 11.4 Å². The second-order valence-corrected chi connectivity index (χ2v) is 4.10. The summed E-state index contributed by atoms with van der Waals surface area (Å²) in [6.07, 6.45) is 0.970. The predicted molar refractivity (Wildman–Crippen MR) is 64.3 cm³/mol. The Morgan fingerprint density at radius 3 is 2.56 bits per heavy atom. The largest absolute Gasteiger partial charge is 0.371 e. The van der Waals surface area contributed by atoms with Gasteiger partial charge in [0.05, 0.1) is 4.92 Å². The first-order chi connectivity index (χ1) is 8.61. The van der Waals surface area contributed by atoms with Gasteiger partial charge in [-0.2, -0.15) is 5.26 Å². The molecule has 0 radical (unpaired) electrons. The number of Topliss-reactive ketones (excluding diaryl/α,β-unsaturated/α-hetero) is 1. The Morgan fingerprint density at radius 1 is 1.33 bits per heavy atom. The third kappa shape index (κ3) is 2.30. The van der Waals surface area contributed by atoms with Crippen LogP contribution >= 0.6 is 0 Å². The lowest BCUT2D eigenvalue weighted by molar-refractivity contribution is -0.385. The molecule has 1 heterocycles. The highest BCUT2D eigenvalue weighted by Crippen LogP contribution is 2.25. The molecule has 0 spiro atoms. The average Bonchev–Trinajstić information content (AvgIpc) is 2.38. The zero-order valence-corrected chi connectivity index (χ0v) is 9.63. The molecule has 6 heteroatoms. The van der Waals surface area contributed by atoms with Crippen molar-refractivity contribution in [3.8, 4) is 6.07 Å². The molecule has 0 bridgehead atoms. The fourth-order valence-electron chi connectivity index (χ4n) is 1.98. The second-order valence-electron chi connectivity index (χ2n) is 4.10. The molecule has 1 aliphatic heterocycles. The lowest BCUT2D eigenvalue weighted by atomic mass is 10.1. The molecule has 0 saturated carbocycles. The Balaban J connectivity index is 2.28. The van der Waals surface area contributed by atoms with Gasteiger partial charge >= 0.3 is 0 Å². The Labute approximate surface area is 104 Å². The van der Waals surface area contributed by atoms with Crippen molar-refractivity contribution in [2.24, 2.45) is 0 Å². The van der Waals surface area contributed by atoms with E-state index in [1.54, 1.807) is 6.07 Å². The van der Waals surface area contributed by atoms with Crippen LogP contribution in [0.3, 0.4) is 0 Å². The standard InChI is InChI=1S/C12H11N3O3/c13-8-9-7-10(1-2-12(9)15(17)18)14-5-3-11(16)4-6-14/h1-2,7H,3-6H2.